The van der Waals surface area contributed by atoms with Crippen molar-refractivity contribution in [1.29, 1.82) is 0 Å². The van der Waals surface area contributed by atoms with Crippen molar-refractivity contribution < 1.29 is 80.2 Å². The predicted molar refractivity (Wildman–Crippen MR) is 372 cm³/mol. The van der Waals surface area contributed by atoms with Crippen LogP contribution < -0.4 is 0 Å². The maximum atomic E-state index is 13.0. The maximum absolute atomic E-state index is 13.0. The lowest BCUT2D eigenvalue weighted by Gasteiger charge is -2.21. The molecule has 0 aliphatic rings. The average molecular weight is 1350 g/mol. The first kappa shape index (κ1) is 89.5. The number of phosphoric ester groups is 2. The average Bonchev–Trinajstić information content (AvgIpc) is 1.50. The Bertz CT molecular complexity index is 1890. The van der Waals surface area contributed by atoms with Crippen LogP contribution >= 0.6 is 15.6 Å². The molecule has 0 aromatic carbocycles. The van der Waals surface area contributed by atoms with Crippen molar-refractivity contribution in [1.82, 2.24) is 0 Å². The number of phosphoric acid groups is 2. The molecule has 5 atom stereocenters. The van der Waals surface area contributed by atoms with Crippen molar-refractivity contribution in [3.63, 3.8) is 0 Å². The molecule has 0 amide bonds. The Morgan fingerprint density at radius 2 is 0.587 bits per heavy atom. The molecule has 0 bridgehead atoms. The monoisotopic (exact) mass is 1350 g/mol. The lowest BCUT2D eigenvalue weighted by atomic mass is 10.0. The minimum absolute atomic E-state index is 0.0995. The smallest absolute Gasteiger partial charge is 0.462 e. The summed E-state index contributed by atoms with van der Waals surface area (Å²) in [6.45, 7) is 11.7. The van der Waals surface area contributed by atoms with Gasteiger partial charge in [-0.3, -0.25) is 37.3 Å². The van der Waals surface area contributed by atoms with Crippen molar-refractivity contribution in [3.8, 4) is 0 Å². The number of allylic oxidation sites excluding steroid dienone is 4. The number of rotatable bonds is 69. The highest BCUT2D eigenvalue weighted by molar-refractivity contribution is 7.47. The van der Waals surface area contributed by atoms with Gasteiger partial charge in [0.1, 0.15) is 19.3 Å². The lowest BCUT2D eigenvalue weighted by Crippen LogP contribution is -2.30. The molecule has 0 aliphatic carbocycles. The van der Waals surface area contributed by atoms with Crippen LogP contribution in [-0.4, -0.2) is 96.7 Å². The minimum atomic E-state index is -4.96. The standard InChI is InChI=1S/C73H138O17P2/c1-8-9-10-11-12-13-14-15-16-17-21-24-33-40-47-54-70(75)83-60-68(89-72(77)56-49-42-35-25-22-19-18-20-23-30-37-44-51-64(2)3)62-87-91(79,80)85-58-67(74)59-86-92(81,82)88-63-69(90-73(78)57-50-43-36-29-27-32-39-46-53-66(6)7)61-84-71(76)55-48-41-34-28-26-31-38-45-52-65(4)5/h13-16,64-69,74H,8-12,17-63H2,1-7H3,(H,79,80)(H,81,82)/b14-13-,16-15-/t67?,68-,69-/m1/s1. The van der Waals surface area contributed by atoms with Crippen LogP contribution in [0.2, 0.25) is 0 Å². The normalized spacial score (nSPS) is 14.3. The van der Waals surface area contributed by atoms with Crippen LogP contribution in [0.15, 0.2) is 24.3 Å². The van der Waals surface area contributed by atoms with E-state index < -0.39 is 97.5 Å². The van der Waals surface area contributed by atoms with Crippen molar-refractivity contribution in [2.75, 3.05) is 39.6 Å². The van der Waals surface area contributed by atoms with Gasteiger partial charge in [0.25, 0.3) is 0 Å². The molecule has 0 aliphatic heterocycles. The summed E-state index contributed by atoms with van der Waals surface area (Å²) in [7, 11) is -9.92. The van der Waals surface area contributed by atoms with Crippen molar-refractivity contribution >= 4 is 39.5 Å². The van der Waals surface area contributed by atoms with Gasteiger partial charge in [-0.05, 0) is 69.1 Å². The summed E-state index contributed by atoms with van der Waals surface area (Å²) >= 11 is 0. The molecule has 17 nitrogen and oxygen atoms in total. The molecule has 0 radical (unpaired) electrons. The summed E-state index contributed by atoms with van der Waals surface area (Å²) in [5.41, 5.74) is 0. The second-order valence-corrected chi connectivity index (χ2v) is 30.0. The predicted octanol–water partition coefficient (Wildman–Crippen LogP) is 20.6. The topological polar surface area (TPSA) is 237 Å². The first-order chi connectivity index (χ1) is 44.2. The summed E-state index contributed by atoms with van der Waals surface area (Å²) < 4.78 is 68.3. The Labute approximate surface area is 561 Å². The van der Waals surface area contributed by atoms with Crippen molar-refractivity contribution in [2.24, 2.45) is 17.8 Å². The van der Waals surface area contributed by atoms with E-state index in [0.717, 1.165) is 121 Å². The van der Waals surface area contributed by atoms with Gasteiger partial charge in [-0.1, -0.05) is 291 Å². The quantitative estimate of drug-likeness (QED) is 0.0169. The first-order valence-electron chi connectivity index (χ1n) is 37.2. The minimum Gasteiger partial charge on any atom is -0.462 e. The molecule has 0 rings (SSSR count). The fourth-order valence-corrected chi connectivity index (χ4v) is 12.1. The van der Waals surface area contributed by atoms with Crippen LogP contribution in [0.3, 0.4) is 0 Å². The largest absolute Gasteiger partial charge is 0.472 e. The zero-order chi connectivity index (χ0) is 68.0. The summed E-state index contributed by atoms with van der Waals surface area (Å²) in [5.74, 6) is 0.0611. The van der Waals surface area contributed by atoms with E-state index in [9.17, 15) is 43.2 Å². The molecule has 0 saturated carbocycles. The molecular formula is C73H138O17P2. The van der Waals surface area contributed by atoms with E-state index in [-0.39, 0.29) is 25.7 Å². The van der Waals surface area contributed by atoms with Gasteiger partial charge in [0.2, 0.25) is 0 Å². The molecule has 542 valence electrons. The summed E-state index contributed by atoms with van der Waals surface area (Å²) in [4.78, 5) is 72.6. The molecule has 0 saturated heterocycles. The van der Waals surface area contributed by atoms with E-state index in [1.165, 1.54) is 135 Å². The van der Waals surface area contributed by atoms with E-state index in [1.54, 1.807) is 0 Å². The van der Waals surface area contributed by atoms with E-state index in [4.69, 9.17) is 37.0 Å². The van der Waals surface area contributed by atoms with Crippen LogP contribution in [0.4, 0.5) is 0 Å². The van der Waals surface area contributed by atoms with Gasteiger partial charge in [-0.15, -0.1) is 0 Å². The molecule has 0 fully saturated rings. The van der Waals surface area contributed by atoms with Gasteiger partial charge in [-0.25, -0.2) is 9.13 Å². The highest BCUT2D eigenvalue weighted by atomic mass is 31.2. The maximum Gasteiger partial charge on any atom is 0.472 e. The Morgan fingerprint density at radius 1 is 0.337 bits per heavy atom. The van der Waals surface area contributed by atoms with Crippen LogP contribution in [-0.2, 0) is 65.4 Å². The number of carbonyl (C=O) groups excluding carboxylic acids is 4. The van der Waals surface area contributed by atoms with E-state index in [1.807, 2.05) is 0 Å². The third kappa shape index (κ3) is 66.2. The summed E-state index contributed by atoms with van der Waals surface area (Å²) in [6, 6.07) is 0. The van der Waals surface area contributed by atoms with Crippen LogP contribution in [0.1, 0.15) is 344 Å². The fourth-order valence-electron chi connectivity index (χ4n) is 10.5. The van der Waals surface area contributed by atoms with Crippen molar-refractivity contribution in [3.05, 3.63) is 24.3 Å². The van der Waals surface area contributed by atoms with Crippen molar-refractivity contribution in [2.45, 2.75) is 362 Å². The second kappa shape index (κ2) is 63.3. The Morgan fingerprint density at radius 3 is 0.880 bits per heavy atom. The van der Waals surface area contributed by atoms with Crippen LogP contribution in [0.5, 0.6) is 0 Å². The number of aliphatic hydroxyl groups is 1. The number of ether oxygens (including phenoxy) is 4. The lowest BCUT2D eigenvalue weighted by molar-refractivity contribution is -0.161. The molecule has 92 heavy (non-hydrogen) atoms. The number of carbonyl (C=O) groups is 4. The van der Waals surface area contributed by atoms with Gasteiger partial charge in [0, 0.05) is 25.7 Å². The molecule has 3 N–H and O–H groups in total. The Balaban J connectivity index is 5.29. The molecule has 0 spiro atoms. The first-order valence-corrected chi connectivity index (χ1v) is 40.2. The zero-order valence-electron chi connectivity index (χ0n) is 59.5. The number of unbranched alkanes of at least 4 members (excludes halogenated alkanes) is 34. The van der Waals surface area contributed by atoms with Crippen LogP contribution in [0.25, 0.3) is 0 Å². The molecule has 3 unspecified atom stereocenters. The van der Waals surface area contributed by atoms with Gasteiger partial charge in [0.05, 0.1) is 26.4 Å². The number of hydrogen-bond acceptors (Lipinski definition) is 15. The van der Waals surface area contributed by atoms with Gasteiger partial charge in [-0.2, -0.15) is 0 Å². The zero-order valence-corrected chi connectivity index (χ0v) is 61.3. The summed E-state index contributed by atoms with van der Waals surface area (Å²) in [5, 5.41) is 10.6. The molecule has 0 aromatic heterocycles. The third-order valence-electron chi connectivity index (χ3n) is 16.3. The Kier molecular flexibility index (Phi) is 61.6. The van der Waals surface area contributed by atoms with E-state index in [0.29, 0.717) is 31.6 Å². The second-order valence-electron chi connectivity index (χ2n) is 27.1. The summed E-state index contributed by atoms with van der Waals surface area (Å²) in [6.07, 6.45) is 50.8. The number of esters is 4. The SMILES string of the molecule is CCCCCC/C=C\C=C/CCCCCCCC(=O)OC[C@H](COP(=O)(O)OCC(O)COP(=O)(O)OC[C@@H](COC(=O)CCCCCCCCCCC(C)C)OC(=O)CCCCCCCCCCC(C)C)OC(=O)CCCCCCCCCCCCCCC(C)C. The fraction of sp³-hybridized carbons (Fsp3) is 0.890. The third-order valence-corrected chi connectivity index (χ3v) is 18.2. The van der Waals surface area contributed by atoms with Gasteiger partial charge >= 0.3 is 39.5 Å². The number of aliphatic hydroxyl groups excluding tert-OH is 1. The van der Waals surface area contributed by atoms with E-state index >= 15 is 0 Å². The Hall–Kier alpha value is -2.46. The molecule has 19 heteroatoms. The molecular weight excluding hydrogens is 1210 g/mol. The molecule has 0 aromatic rings. The van der Waals surface area contributed by atoms with Gasteiger partial charge in [0.15, 0.2) is 12.2 Å². The molecule has 0 heterocycles. The highest BCUT2D eigenvalue weighted by Gasteiger charge is 2.30. The van der Waals surface area contributed by atoms with E-state index in [2.05, 4.69) is 72.8 Å². The highest BCUT2D eigenvalue weighted by Crippen LogP contribution is 2.45. The van der Waals surface area contributed by atoms with Crippen LogP contribution in [0, 0.1) is 17.8 Å². The van der Waals surface area contributed by atoms with Gasteiger partial charge < -0.3 is 33.8 Å². The number of hydrogen-bond donors (Lipinski definition) is 3.